The van der Waals surface area contributed by atoms with Gasteiger partial charge in [0.15, 0.2) is 0 Å². The standard InChI is InChI=1S/C11H25N5O/c1-10(2)14-11(15-12)13-4-3-5-16-6-8-17-9-7-16/h10H,3-9,12H2,1-2H3,(H2,13,14,15). The van der Waals surface area contributed by atoms with Gasteiger partial charge in [-0.1, -0.05) is 0 Å². The maximum Gasteiger partial charge on any atom is 0.205 e. The Hall–Kier alpha value is -0.850. The Labute approximate surface area is 104 Å². The molecule has 1 saturated heterocycles. The predicted octanol–water partition coefficient (Wildman–Crippen LogP) is -0.474. The number of hydrogen-bond donors (Lipinski definition) is 3. The topological polar surface area (TPSA) is 74.9 Å². The van der Waals surface area contributed by atoms with Crippen LogP contribution in [-0.4, -0.2) is 56.3 Å². The molecule has 6 nitrogen and oxygen atoms in total. The monoisotopic (exact) mass is 243 g/mol. The summed E-state index contributed by atoms with van der Waals surface area (Å²) in [6, 6.07) is 0.337. The van der Waals surface area contributed by atoms with Crippen LogP contribution in [0.3, 0.4) is 0 Å². The number of morpholine rings is 1. The summed E-state index contributed by atoms with van der Waals surface area (Å²) in [5.74, 6) is 6.04. The first-order valence-corrected chi connectivity index (χ1v) is 6.30. The molecule has 0 aromatic heterocycles. The summed E-state index contributed by atoms with van der Waals surface area (Å²) in [5.41, 5.74) is 2.58. The molecule has 0 radical (unpaired) electrons. The van der Waals surface area contributed by atoms with E-state index in [1.165, 1.54) is 0 Å². The lowest BCUT2D eigenvalue weighted by Crippen LogP contribution is -2.44. The molecule has 0 unspecified atom stereocenters. The third-order valence-electron chi connectivity index (χ3n) is 2.57. The number of hydrogen-bond acceptors (Lipinski definition) is 4. The Morgan fingerprint density at radius 3 is 2.71 bits per heavy atom. The number of guanidine groups is 1. The van der Waals surface area contributed by atoms with E-state index in [0.29, 0.717) is 12.0 Å². The minimum Gasteiger partial charge on any atom is -0.379 e. The molecule has 1 heterocycles. The minimum absolute atomic E-state index is 0.337. The van der Waals surface area contributed by atoms with Gasteiger partial charge in [-0.05, 0) is 20.3 Å². The quantitative estimate of drug-likeness (QED) is 0.200. The van der Waals surface area contributed by atoms with E-state index in [2.05, 4.69) is 34.5 Å². The van der Waals surface area contributed by atoms with Crippen LogP contribution < -0.4 is 16.6 Å². The number of nitrogens with zero attached hydrogens (tertiary/aromatic N) is 2. The number of ether oxygens (including phenoxy) is 1. The van der Waals surface area contributed by atoms with Crippen LogP contribution in [0.25, 0.3) is 0 Å². The lowest BCUT2D eigenvalue weighted by molar-refractivity contribution is 0.0377. The highest BCUT2D eigenvalue weighted by Crippen LogP contribution is 1.97. The number of hydrazine groups is 1. The van der Waals surface area contributed by atoms with Gasteiger partial charge in [-0.15, -0.1) is 0 Å². The molecule has 1 fully saturated rings. The summed E-state index contributed by atoms with van der Waals surface area (Å²) in [6.45, 7) is 9.76. The lowest BCUT2D eigenvalue weighted by atomic mass is 10.3. The summed E-state index contributed by atoms with van der Waals surface area (Å²) >= 11 is 0. The molecular formula is C11H25N5O. The van der Waals surface area contributed by atoms with Gasteiger partial charge in [0.25, 0.3) is 0 Å². The van der Waals surface area contributed by atoms with E-state index in [1.54, 1.807) is 0 Å². The second-order valence-corrected chi connectivity index (χ2v) is 4.48. The smallest absolute Gasteiger partial charge is 0.205 e. The van der Waals surface area contributed by atoms with Crippen molar-refractivity contribution in [3.63, 3.8) is 0 Å². The lowest BCUT2D eigenvalue weighted by Gasteiger charge is -2.26. The highest BCUT2D eigenvalue weighted by atomic mass is 16.5. The van der Waals surface area contributed by atoms with Gasteiger partial charge in [0, 0.05) is 32.2 Å². The van der Waals surface area contributed by atoms with Gasteiger partial charge in [0.1, 0.15) is 0 Å². The van der Waals surface area contributed by atoms with Crippen molar-refractivity contribution in [2.24, 2.45) is 10.8 Å². The van der Waals surface area contributed by atoms with E-state index >= 15 is 0 Å². The van der Waals surface area contributed by atoms with Crippen molar-refractivity contribution in [3.8, 4) is 0 Å². The fourth-order valence-corrected chi connectivity index (χ4v) is 1.72. The first-order valence-electron chi connectivity index (χ1n) is 6.30. The van der Waals surface area contributed by atoms with E-state index in [0.717, 1.165) is 45.8 Å². The van der Waals surface area contributed by atoms with Crippen LogP contribution in [0.4, 0.5) is 0 Å². The molecule has 6 heteroatoms. The molecule has 4 N–H and O–H groups in total. The highest BCUT2D eigenvalue weighted by molar-refractivity contribution is 5.79. The molecule has 0 spiro atoms. The van der Waals surface area contributed by atoms with E-state index in [-0.39, 0.29) is 0 Å². The zero-order valence-corrected chi connectivity index (χ0v) is 10.9. The Balaban J connectivity index is 2.13. The van der Waals surface area contributed by atoms with Crippen LogP contribution in [0.2, 0.25) is 0 Å². The Morgan fingerprint density at radius 2 is 2.12 bits per heavy atom. The highest BCUT2D eigenvalue weighted by Gasteiger charge is 2.08. The van der Waals surface area contributed by atoms with Crippen molar-refractivity contribution >= 4 is 5.96 Å². The molecule has 100 valence electrons. The average molecular weight is 243 g/mol. The number of nitrogens with one attached hydrogen (secondary N) is 2. The van der Waals surface area contributed by atoms with Crippen LogP contribution in [0, 0.1) is 0 Å². The predicted molar refractivity (Wildman–Crippen MR) is 69.8 cm³/mol. The van der Waals surface area contributed by atoms with Gasteiger partial charge in [0.05, 0.1) is 13.2 Å². The fourth-order valence-electron chi connectivity index (χ4n) is 1.72. The van der Waals surface area contributed by atoms with E-state index in [1.807, 2.05) is 0 Å². The molecule has 0 atom stereocenters. The van der Waals surface area contributed by atoms with Crippen molar-refractivity contribution in [2.75, 3.05) is 39.4 Å². The first-order chi connectivity index (χ1) is 8.22. The molecule has 1 aliphatic rings. The molecule has 1 rings (SSSR count). The Bertz CT molecular complexity index is 226. The molecule has 0 aliphatic carbocycles. The number of rotatable bonds is 5. The van der Waals surface area contributed by atoms with E-state index in [9.17, 15) is 0 Å². The maximum atomic E-state index is 5.38. The summed E-state index contributed by atoms with van der Waals surface area (Å²) in [4.78, 5) is 6.79. The van der Waals surface area contributed by atoms with Crippen molar-refractivity contribution in [1.29, 1.82) is 0 Å². The number of aliphatic imine (C=N–C) groups is 1. The summed E-state index contributed by atoms with van der Waals surface area (Å²) < 4.78 is 5.30. The summed E-state index contributed by atoms with van der Waals surface area (Å²) in [6.07, 6.45) is 1.05. The fraction of sp³-hybridized carbons (Fsp3) is 0.909. The molecule has 0 aromatic carbocycles. The third kappa shape index (κ3) is 6.45. The largest absolute Gasteiger partial charge is 0.379 e. The second-order valence-electron chi connectivity index (χ2n) is 4.48. The first kappa shape index (κ1) is 14.2. The number of nitrogens with two attached hydrogens (primary N) is 1. The van der Waals surface area contributed by atoms with Gasteiger partial charge in [-0.25, -0.2) is 5.84 Å². The molecule has 0 saturated carbocycles. The summed E-state index contributed by atoms with van der Waals surface area (Å²) in [7, 11) is 0. The molecule has 0 bridgehead atoms. The van der Waals surface area contributed by atoms with Gasteiger partial charge < -0.3 is 10.1 Å². The zero-order chi connectivity index (χ0) is 12.5. The van der Waals surface area contributed by atoms with Gasteiger partial charge in [0.2, 0.25) is 5.96 Å². The normalized spacial score (nSPS) is 18.5. The van der Waals surface area contributed by atoms with Crippen LogP contribution in [0.15, 0.2) is 4.99 Å². The van der Waals surface area contributed by atoms with Gasteiger partial charge in [-0.3, -0.25) is 15.3 Å². The SMILES string of the molecule is CC(C)NC(=NCCCN1CCOCC1)NN. The van der Waals surface area contributed by atoms with Crippen LogP contribution in [0.1, 0.15) is 20.3 Å². The Morgan fingerprint density at radius 1 is 1.41 bits per heavy atom. The maximum absolute atomic E-state index is 5.38. The van der Waals surface area contributed by atoms with Crippen molar-refractivity contribution in [1.82, 2.24) is 15.6 Å². The summed E-state index contributed by atoms with van der Waals surface area (Å²) in [5, 5.41) is 3.15. The molecular weight excluding hydrogens is 218 g/mol. The van der Waals surface area contributed by atoms with Crippen molar-refractivity contribution in [2.45, 2.75) is 26.3 Å². The zero-order valence-electron chi connectivity index (χ0n) is 10.9. The van der Waals surface area contributed by atoms with Crippen LogP contribution >= 0.6 is 0 Å². The van der Waals surface area contributed by atoms with Gasteiger partial charge >= 0.3 is 0 Å². The van der Waals surface area contributed by atoms with E-state index in [4.69, 9.17) is 10.6 Å². The van der Waals surface area contributed by atoms with Crippen LogP contribution in [-0.2, 0) is 4.74 Å². The second kappa shape index (κ2) is 8.27. The van der Waals surface area contributed by atoms with Crippen molar-refractivity contribution < 1.29 is 4.74 Å². The minimum atomic E-state index is 0.337. The Kier molecular flexibility index (Phi) is 6.91. The molecule has 0 amide bonds. The molecule has 1 aliphatic heterocycles. The average Bonchev–Trinajstić information content (AvgIpc) is 2.34. The third-order valence-corrected chi connectivity index (χ3v) is 2.57. The van der Waals surface area contributed by atoms with Gasteiger partial charge in [-0.2, -0.15) is 0 Å². The van der Waals surface area contributed by atoms with Crippen molar-refractivity contribution in [3.05, 3.63) is 0 Å². The van der Waals surface area contributed by atoms with Crippen LogP contribution in [0.5, 0.6) is 0 Å². The molecule has 17 heavy (non-hydrogen) atoms. The molecule has 0 aromatic rings. The van der Waals surface area contributed by atoms with E-state index < -0.39 is 0 Å².